The van der Waals surface area contributed by atoms with Gasteiger partial charge in [0.05, 0.1) is 12.7 Å². The van der Waals surface area contributed by atoms with Gasteiger partial charge in [-0.2, -0.15) is 0 Å². The average Bonchev–Trinajstić information content (AvgIpc) is 2.17. The number of nitrogens with two attached hydrogens (primary N) is 1. The summed E-state index contributed by atoms with van der Waals surface area (Å²) >= 11 is 0. The zero-order chi connectivity index (χ0) is 9.97. The molecule has 1 aliphatic heterocycles. The van der Waals surface area contributed by atoms with Crippen LogP contribution >= 0.6 is 0 Å². The fourth-order valence-corrected chi connectivity index (χ4v) is 1.74. The van der Waals surface area contributed by atoms with Gasteiger partial charge in [0.15, 0.2) is 0 Å². The first kappa shape index (κ1) is 9.49. The van der Waals surface area contributed by atoms with Crippen molar-refractivity contribution in [3.8, 4) is 5.75 Å². The second-order valence-electron chi connectivity index (χ2n) is 3.72. The van der Waals surface area contributed by atoms with Crippen molar-refractivity contribution >= 4 is 0 Å². The molecule has 0 aromatic heterocycles. The standard InChI is InChI=1S/C11H15NO2/c1-8-2-4-10-5-3-9(7-13-12)6-11(10)14-8/h3,5-6,8H,2,4,7,12H2,1H3. The Balaban J connectivity index is 2.24. The molecular formula is C11H15NO2. The van der Waals surface area contributed by atoms with Gasteiger partial charge in [0.1, 0.15) is 5.75 Å². The molecule has 3 heteroatoms. The molecule has 0 fully saturated rings. The Morgan fingerprint density at radius 2 is 2.43 bits per heavy atom. The molecule has 1 aromatic rings. The van der Waals surface area contributed by atoms with Gasteiger partial charge >= 0.3 is 0 Å². The van der Waals surface area contributed by atoms with Crippen molar-refractivity contribution < 1.29 is 9.57 Å². The molecule has 1 atom stereocenters. The van der Waals surface area contributed by atoms with E-state index < -0.39 is 0 Å². The Hall–Kier alpha value is -1.06. The van der Waals surface area contributed by atoms with Crippen molar-refractivity contribution in [2.45, 2.75) is 32.5 Å². The zero-order valence-electron chi connectivity index (χ0n) is 8.32. The molecule has 0 radical (unpaired) electrons. The molecular weight excluding hydrogens is 178 g/mol. The molecule has 0 saturated heterocycles. The van der Waals surface area contributed by atoms with Gasteiger partial charge in [-0.05, 0) is 37.0 Å². The summed E-state index contributed by atoms with van der Waals surface area (Å²) in [5.74, 6) is 6.01. The van der Waals surface area contributed by atoms with Crippen LogP contribution in [0.4, 0.5) is 0 Å². The lowest BCUT2D eigenvalue weighted by molar-refractivity contribution is 0.123. The summed E-state index contributed by atoms with van der Waals surface area (Å²) in [6.07, 6.45) is 2.51. The first-order valence-corrected chi connectivity index (χ1v) is 4.89. The number of benzene rings is 1. The summed E-state index contributed by atoms with van der Waals surface area (Å²) in [4.78, 5) is 4.59. The number of rotatable bonds is 2. The molecule has 0 spiro atoms. The molecule has 14 heavy (non-hydrogen) atoms. The Kier molecular flexibility index (Phi) is 2.70. The lowest BCUT2D eigenvalue weighted by Crippen LogP contribution is -2.18. The Labute approximate surface area is 83.8 Å². The van der Waals surface area contributed by atoms with Gasteiger partial charge in [-0.25, -0.2) is 5.90 Å². The van der Waals surface area contributed by atoms with Crippen molar-refractivity contribution in [3.63, 3.8) is 0 Å². The predicted octanol–water partition coefficient (Wildman–Crippen LogP) is 1.79. The van der Waals surface area contributed by atoms with Crippen LogP contribution in [0.2, 0.25) is 0 Å². The normalized spacial score (nSPS) is 20.0. The largest absolute Gasteiger partial charge is 0.490 e. The minimum Gasteiger partial charge on any atom is -0.490 e. The van der Waals surface area contributed by atoms with Gasteiger partial charge in [0.2, 0.25) is 0 Å². The summed E-state index contributed by atoms with van der Waals surface area (Å²) in [5.41, 5.74) is 2.34. The van der Waals surface area contributed by atoms with Crippen molar-refractivity contribution in [3.05, 3.63) is 29.3 Å². The lowest BCUT2D eigenvalue weighted by atomic mass is 10.0. The van der Waals surface area contributed by atoms with E-state index in [4.69, 9.17) is 10.6 Å². The summed E-state index contributed by atoms with van der Waals surface area (Å²) in [6.45, 7) is 2.53. The third-order valence-corrected chi connectivity index (χ3v) is 2.53. The van der Waals surface area contributed by atoms with Crippen LogP contribution in [0.15, 0.2) is 18.2 Å². The number of ether oxygens (including phenoxy) is 1. The third kappa shape index (κ3) is 1.89. The monoisotopic (exact) mass is 193 g/mol. The third-order valence-electron chi connectivity index (χ3n) is 2.53. The van der Waals surface area contributed by atoms with Gasteiger partial charge in [-0.1, -0.05) is 12.1 Å². The predicted molar refractivity (Wildman–Crippen MR) is 53.8 cm³/mol. The van der Waals surface area contributed by atoms with Crippen molar-refractivity contribution in [2.24, 2.45) is 5.90 Å². The van der Waals surface area contributed by atoms with Crippen molar-refractivity contribution in [2.75, 3.05) is 0 Å². The van der Waals surface area contributed by atoms with E-state index in [0.29, 0.717) is 12.7 Å². The van der Waals surface area contributed by atoms with E-state index in [0.717, 1.165) is 24.2 Å². The maximum absolute atomic E-state index is 5.72. The van der Waals surface area contributed by atoms with Gasteiger partial charge in [0, 0.05) is 0 Å². The summed E-state index contributed by atoms with van der Waals surface area (Å²) in [5, 5.41) is 0. The summed E-state index contributed by atoms with van der Waals surface area (Å²) in [6, 6.07) is 6.14. The van der Waals surface area contributed by atoms with E-state index in [1.54, 1.807) is 0 Å². The zero-order valence-corrected chi connectivity index (χ0v) is 8.32. The van der Waals surface area contributed by atoms with Gasteiger partial charge in [0.25, 0.3) is 0 Å². The minimum atomic E-state index is 0.316. The van der Waals surface area contributed by atoms with Gasteiger partial charge in [-0.3, -0.25) is 4.84 Å². The smallest absolute Gasteiger partial charge is 0.123 e. The summed E-state index contributed by atoms with van der Waals surface area (Å²) in [7, 11) is 0. The molecule has 0 saturated carbocycles. The summed E-state index contributed by atoms with van der Waals surface area (Å²) < 4.78 is 5.72. The van der Waals surface area contributed by atoms with E-state index in [2.05, 4.69) is 17.8 Å². The second kappa shape index (κ2) is 3.98. The molecule has 1 aromatic carbocycles. The molecule has 76 valence electrons. The number of aryl methyl sites for hydroxylation is 1. The molecule has 0 amide bonds. The Bertz CT molecular complexity index is 325. The van der Waals surface area contributed by atoms with Crippen LogP contribution in [-0.4, -0.2) is 6.10 Å². The molecule has 0 aliphatic carbocycles. The molecule has 1 unspecified atom stereocenters. The van der Waals surface area contributed by atoms with Crippen molar-refractivity contribution in [1.82, 2.24) is 0 Å². The SMILES string of the molecule is CC1CCc2ccc(CON)cc2O1. The highest BCUT2D eigenvalue weighted by atomic mass is 16.6. The molecule has 1 aliphatic rings. The van der Waals surface area contributed by atoms with Crippen LogP contribution in [0.3, 0.4) is 0 Å². The Morgan fingerprint density at radius 1 is 1.57 bits per heavy atom. The van der Waals surface area contributed by atoms with Gasteiger partial charge in [-0.15, -0.1) is 0 Å². The first-order valence-electron chi connectivity index (χ1n) is 4.89. The fourth-order valence-electron chi connectivity index (χ4n) is 1.74. The molecule has 0 bridgehead atoms. The average molecular weight is 193 g/mol. The van der Waals surface area contributed by atoms with E-state index in [9.17, 15) is 0 Å². The fraction of sp³-hybridized carbons (Fsp3) is 0.455. The highest BCUT2D eigenvalue weighted by Crippen LogP contribution is 2.28. The van der Waals surface area contributed by atoms with E-state index in [-0.39, 0.29) is 0 Å². The van der Waals surface area contributed by atoms with Crippen LogP contribution in [-0.2, 0) is 17.9 Å². The molecule has 2 rings (SSSR count). The van der Waals surface area contributed by atoms with Crippen LogP contribution in [0.1, 0.15) is 24.5 Å². The second-order valence-corrected chi connectivity index (χ2v) is 3.72. The lowest BCUT2D eigenvalue weighted by Gasteiger charge is -2.23. The van der Waals surface area contributed by atoms with E-state index in [1.165, 1.54) is 5.56 Å². The molecule has 3 nitrogen and oxygen atoms in total. The van der Waals surface area contributed by atoms with Crippen LogP contribution in [0, 0.1) is 0 Å². The quantitative estimate of drug-likeness (QED) is 0.728. The van der Waals surface area contributed by atoms with Gasteiger partial charge < -0.3 is 4.74 Å². The topological polar surface area (TPSA) is 44.5 Å². The number of fused-ring (bicyclic) bond motifs is 1. The number of hydrogen-bond donors (Lipinski definition) is 1. The van der Waals surface area contributed by atoms with Crippen LogP contribution in [0.25, 0.3) is 0 Å². The maximum atomic E-state index is 5.72. The number of hydrogen-bond acceptors (Lipinski definition) is 3. The highest BCUT2D eigenvalue weighted by molar-refractivity contribution is 5.38. The molecule has 2 N–H and O–H groups in total. The van der Waals surface area contributed by atoms with Crippen LogP contribution < -0.4 is 10.6 Å². The maximum Gasteiger partial charge on any atom is 0.123 e. The highest BCUT2D eigenvalue weighted by Gasteiger charge is 2.15. The van der Waals surface area contributed by atoms with Crippen LogP contribution in [0.5, 0.6) is 5.75 Å². The Morgan fingerprint density at radius 3 is 3.21 bits per heavy atom. The van der Waals surface area contributed by atoms with E-state index in [1.807, 2.05) is 12.1 Å². The minimum absolute atomic E-state index is 0.316. The first-order chi connectivity index (χ1) is 6.79. The van der Waals surface area contributed by atoms with Crippen molar-refractivity contribution in [1.29, 1.82) is 0 Å². The van der Waals surface area contributed by atoms with E-state index >= 15 is 0 Å². The molecule has 1 heterocycles.